The third-order valence-corrected chi connectivity index (χ3v) is 4.65. The van der Waals surface area contributed by atoms with E-state index >= 15 is 0 Å². The van der Waals surface area contributed by atoms with Gasteiger partial charge in [-0.05, 0) is 43.3 Å². The highest BCUT2D eigenvalue weighted by atomic mass is 32.2. The molecule has 2 aromatic rings. The molecular weight excluding hydrogens is 401 g/mol. The van der Waals surface area contributed by atoms with Crippen LogP contribution in [-0.4, -0.2) is 38.7 Å². The number of alkyl halides is 3. The Balaban J connectivity index is 2.03. The molecule has 28 heavy (non-hydrogen) atoms. The summed E-state index contributed by atoms with van der Waals surface area (Å²) < 4.78 is 72.4. The number of carbonyl (C=O) groups is 1. The number of nitrogens with one attached hydrogen (secondary N) is 1. The molecule has 11 heteroatoms. The molecule has 2 rings (SSSR count). The number of hydrogen-bond acceptors (Lipinski definition) is 6. The van der Waals surface area contributed by atoms with Gasteiger partial charge in [0.15, 0.2) is 6.61 Å². The molecule has 0 unspecified atom stereocenters. The second-order valence-electron chi connectivity index (χ2n) is 5.49. The van der Waals surface area contributed by atoms with Gasteiger partial charge in [0.25, 0.3) is 15.9 Å². The number of ether oxygens (including phenoxy) is 2. The van der Waals surface area contributed by atoms with Gasteiger partial charge in [-0.15, -0.1) is 0 Å². The fourth-order valence-electron chi connectivity index (χ4n) is 1.97. The summed E-state index contributed by atoms with van der Waals surface area (Å²) in [5, 5.41) is 0. The maximum Gasteiger partial charge on any atom is 0.422 e. The lowest BCUT2D eigenvalue weighted by atomic mass is 10.2. The molecule has 1 amide bonds. The minimum atomic E-state index is -4.51. The lowest BCUT2D eigenvalue weighted by Gasteiger charge is -2.10. The van der Waals surface area contributed by atoms with Gasteiger partial charge in [0, 0.05) is 12.8 Å². The Morgan fingerprint density at radius 1 is 1.14 bits per heavy atom. The predicted molar refractivity (Wildman–Crippen MR) is 92.2 cm³/mol. The highest BCUT2D eigenvalue weighted by molar-refractivity contribution is 7.90. The van der Waals surface area contributed by atoms with Crippen LogP contribution in [0, 0.1) is 0 Å². The van der Waals surface area contributed by atoms with Crippen molar-refractivity contribution in [3.8, 4) is 5.75 Å². The van der Waals surface area contributed by atoms with Crippen LogP contribution in [0.1, 0.15) is 23.0 Å². The van der Waals surface area contributed by atoms with E-state index in [-0.39, 0.29) is 22.8 Å². The SMILES string of the molecule is CCOCc1ccc(C(=O)NS(=O)(=O)c2ccc(OCC(F)(F)F)cc2)cn1. The molecule has 7 nitrogen and oxygen atoms in total. The molecule has 0 spiro atoms. The molecule has 1 aromatic heterocycles. The number of nitrogens with zero attached hydrogens (tertiary/aromatic N) is 1. The van der Waals surface area contributed by atoms with Crippen molar-refractivity contribution >= 4 is 15.9 Å². The van der Waals surface area contributed by atoms with Crippen LogP contribution in [0.15, 0.2) is 47.5 Å². The molecule has 1 aromatic carbocycles. The summed E-state index contributed by atoms with van der Waals surface area (Å²) in [6.07, 6.45) is -3.29. The van der Waals surface area contributed by atoms with E-state index in [9.17, 15) is 26.4 Å². The van der Waals surface area contributed by atoms with E-state index in [1.807, 2.05) is 11.6 Å². The Hall–Kier alpha value is -2.66. The molecule has 0 fully saturated rings. The van der Waals surface area contributed by atoms with Crippen molar-refractivity contribution in [2.24, 2.45) is 0 Å². The summed E-state index contributed by atoms with van der Waals surface area (Å²) in [4.78, 5) is 15.8. The molecule has 0 aliphatic carbocycles. The number of benzene rings is 1. The van der Waals surface area contributed by atoms with E-state index in [0.717, 1.165) is 24.3 Å². The number of sulfonamides is 1. The van der Waals surface area contributed by atoms with Crippen LogP contribution in [0.4, 0.5) is 13.2 Å². The smallest absolute Gasteiger partial charge is 0.422 e. The van der Waals surface area contributed by atoms with Crippen LogP contribution in [0.2, 0.25) is 0 Å². The molecule has 0 saturated carbocycles. The lowest BCUT2D eigenvalue weighted by molar-refractivity contribution is -0.153. The molecule has 0 aliphatic rings. The Morgan fingerprint density at radius 2 is 1.82 bits per heavy atom. The number of pyridine rings is 1. The summed E-state index contributed by atoms with van der Waals surface area (Å²) in [7, 11) is -4.22. The van der Waals surface area contributed by atoms with Gasteiger partial charge in [0.2, 0.25) is 0 Å². The van der Waals surface area contributed by atoms with E-state index in [0.29, 0.717) is 12.3 Å². The van der Waals surface area contributed by atoms with Crippen molar-refractivity contribution in [1.82, 2.24) is 9.71 Å². The molecule has 152 valence electrons. The summed E-state index contributed by atoms with van der Waals surface area (Å²) in [5.41, 5.74) is 0.602. The average Bonchev–Trinajstić information content (AvgIpc) is 2.64. The monoisotopic (exact) mass is 418 g/mol. The van der Waals surface area contributed by atoms with Gasteiger partial charge >= 0.3 is 6.18 Å². The zero-order chi connectivity index (χ0) is 20.8. The summed E-state index contributed by atoms with van der Waals surface area (Å²) >= 11 is 0. The summed E-state index contributed by atoms with van der Waals surface area (Å²) in [6.45, 7) is 1.09. The van der Waals surface area contributed by atoms with Crippen LogP contribution in [0.25, 0.3) is 0 Å². The van der Waals surface area contributed by atoms with Crippen LogP contribution in [0.3, 0.4) is 0 Å². The van der Waals surface area contributed by atoms with Gasteiger partial charge in [-0.3, -0.25) is 9.78 Å². The van der Waals surface area contributed by atoms with Gasteiger partial charge < -0.3 is 9.47 Å². The Labute approximate surface area is 159 Å². The van der Waals surface area contributed by atoms with E-state index in [1.165, 1.54) is 18.3 Å². The molecule has 0 radical (unpaired) electrons. The molecule has 0 saturated heterocycles. The highest BCUT2D eigenvalue weighted by Gasteiger charge is 2.28. The first-order valence-corrected chi connectivity index (χ1v) is 9.48. The van der Waals surface area contributed by atoms with Crippen molar-refractivity contribution in [1.29, 1.82) is 0 Å². The van der Waals surface area contributed by atoms with Gasteiger partial charge in [0.1, 0.15) is 5.75 Å². The third-order valence-electron chi connectivity index (χ3n) is 3.30. The number of halogens is 3. The number of carbonyl (C=O) groups excluding carboxylic acids is 1. The fraction of sp³-hybridized carbons (Fsp3) is 0.294. The molecule has 1 N–H and O–H groups in total. The maximum absolute atomic E-state index is 12.3. The van der Waals surface area contributed by atoms with Crippen molar-refractivity contribution < 1.29 is 35.9 Å². The number of rotatable bonds is 8. The van der Waals surface area contributed by atoms with Crippen molar-refractivity contribution in [2.75, 3.05) is 13.2 Å². The van der Waals surface area contributed by atoms with Gasteiger partial charge in [-0.25, -0.2) is 13.1 Å². The fourth-order valence-corrected chi connectivity index (χ4v) is 2.95. The minimum Gasteiger partial charge on any atom is -0.484 e. The van der Waals surface area contributed by atoms with Crippen molar-refractivity contribution in [2.45, 2.75) is 24.6 Å². The normalized spacial score (nSPS) is 11.9. The van der Waals surface area contributed by atoms with E-state index in [4.69, 9.17) is 4.74 Å². The van der Waals surface area contributed by atoms with Gasteiger partial charge in [0.05, 0.1) is 22.8 Å². The maximum atomic E-state index is 12.3. The minimum absolute atomic E-state index is 0.0222. The van der Waals surface area contributed by atoms with E-state index in [1.54, 1.807) is 0 Å². The molecular formula is C17H17F3N2O5S. The summed E-state index contributed by atoms with van der Waals surface area (Å²) in [6, 6.07) is 7.13. The molecule has 0 aliphatic heterocycles. The topological polar surface area (TPSA) is 94.6 Å². The van der Waals surface area contributed by atoms with Crippen LogP contribution < -0.4 is 9.46 Å². The largest absolute Gasteiger partial charge is 0.484 e. The third kappa shape index (κ3) is 6.50. The van der Waals surface area contributed by atoms with Crippen LogP contribution >= 0.6 is 0 Å². The van der Waals surface area contributed by atoms with Gasteiger partial charge in [-0.2, -0.15) is 13.2 Å². The zero-order valence-corrected chi connectivity index (χ0v) is 15.5. The first-order valence-electron chi connectivity index (χ1n) is 8.00. The number of aromatic nitrogens is 1. The van der Waals surface area contributed by atoms with Gasteiger partial charge in [-0.1, -0.05) is 0 Å². The van der Waals surface area contributed by atoms with E-state index in [2.05, 4.69) is 9.72 Å². The number of hydrogen-bond donors (Lipinski definition) is 1. The average molecular weight is 418 g/mol. The Kier molecular flexibility index (Phi) is 6.97. The Morgan fingerprint density at radius 3 is 2.36 bits per heavy atom. The molecule has 0 atom stereocenters. The van der Waals surface area contributed by atoms with Crippen molar-refractivity contribution in [3.63, 3.8) is 0 Å². The predicted octanol–water partition coefficient (Wildman–Crippen LogP) is 2.68. The summed E-state index contributed by atoms with van der Waals surface area (Å²) in [5.74, 6) is -1.05. The van der Waals surface area contributed by atoms with Crippen LogP contribution in [0.5, 0.6) is 5.75 Å². The van der Waals surface area contributed by atoms with Crippen molar-refractivity contribution in [3.05, 3.63) is 53.9 Å². The van der Waals surface area contributed by atoms with Crippen LogP contribution in [-0.2, 0) is 21.4 Å². The Bertz CT molecular complexity index is 898. The number of amides is 1. The second kappa shape index (κ2) is 9.02. The first-order chi connectivity index (χ1) is 13.1. The zero-order valence-electron chi connectivity index (χ0n) is 14.7. The van der Waals surface area contributed by atoms with E-state index < -0.39 is 28.7 Å². The second-order valence-corrected chi connectivity index (χ2v) is 7.17. The molecule has 1 heterocycles. The first kappa shape index (κ1) is 21.6. The quantitative estimate of drug-likeness (QED) is 0.708. The highest BCUT2D eigenvalue weighted by Crippen LogP contribution is 2.20. The standard InChI is InChI=1S/C17H17F3N2O5S/c1-2-26-10-13-4-3-12(9-21-13)16(23)22-28(24,25)15-7-5-14(6-8-15)27-11-17(18,19)20/h3-9H,2,10-11H2,1H3,(H,22,23). The lowest BCUT2D eigenvalue weighted by Crippen LogP contribution is -2.30. The molecule has 0 bridgehead atoms.